The van der Waals surface area contributed by atoms with Crippen LogP contribution in [0, 0.1) is 20.8 Å². The monoisotopic (exact) mass is 398 g/mol. The minimum Gasteiger partial charge on any atom is -0.378 e. The summed E-state index contributed by atoms with van der Waals surface area (Å²) in [6.07, 6.45) is 0. The highest BCUT2D eigenvalue weighted by Crippen LogP contribution is 2.29. The van der Waals surface area contributed by atoms with Gasteiger partial charge < -0.3 is 9.64 Å². The van der Waals surface area contributed by atoms with Gasteiger partial charge in [0.15, 0.2) is 5.16 Å². The molecule has 28 heavy (non-hydrogen) atoms. The van der Waals surface area contributed by atoms with Crippen LogP contribution in [0.25, 0.3) is 5.69 Å². The molecule has 0 atom stereocenters. The van der Waals surface area contributed by atoms with Gasteiger partial charge in [0.05, 0.1) is 31.1 Å². The predicted molar refractivity (Wildman–Crippen MR) is 112 cm³/mol. The second-order valence-corrected chi connectivity index (χ2v) is 8.06. The van der Waals surface area contributed by atoms with E-state index >= 15 is 0 Å². The van der Waals surface area contributed by atoms with E-state index in [1.54, 1.807) is 11.8 Å². The Bertz CT molecular complexity index is 944. The molecule has 0 spiro atoms. The number of nitrogens with zero attached hydrogens (tertiary/aromatic N) is 6. The van der Waals surface area contributed by atoms with Crippen LogP contribution < -0.4 is 4.90 Å². The number of aromatic nitrogens is 5. The number of anilines is 1. The van der Waals surface area contributed by atoms with Gasteiger partial charge in [0.25, 0.3) is 0 Å². The van der Waals surface area contributed by atoms with Crippen LogP contribution in [0.1, 0.15) is 17.0 Å². The Hall–Kier alpha value is -2.32. The minimum absolute atomic E-state index is 0.723. The lowest BCUT2D eigenvalue weighted by Gasteiger charge is -2.28. The van der Waals surface area contributed by atoms with Gasteiger partial charge in [0.1, 0.15) is 0 Å². The molecule has 0 N–H and O–H groups in total. The van der Waals surface area contributed by atoms with Gasteiger partial charge in [-0.1, -0.05) is 30.0 Å². The predicted octanol–water partition coefficient (Wildman–Crippen LogP) is 3.02. The highest BCUT2D eigenvalue weighted by Gasteiger charge is 2.22. The normalized spacial score (nSPS) is 14.6. The van der Waals surface area contributed by atoms with Crippen LogP contribution in [0.2, 0.25) is 0 Å². The molecule has 3 aromatic rings. The van der Waals surface area contributed by atoms with Crippen molar-refractivity contribution in [3.8, 4) is 5.69 Å². The van der Waals surface area contributed by atoms with E-state index in [4.69, 9.17) is 4.74 Å². The first-order valence-corrected chi connectivity index (χ1v) is 10.6. The van der Waals surface area contributed by atoms with Crippen molar-refractivity contribution in [1.82, 2.24) is 24.5 Å². The van der Waals surface area contributed by atoms with E-state index in [-0.39, 0.29) is 0 Å². The number of para-hydroxylation sites is 1. The van der Waals surface area contributed by atoms with Crippen LogP contribution in [0.3, 0.4) is 0 Å². The Labute approximate surface area is 169 Å². The molecule has 4 rings (SSSR count). The van der Waals surface area contributed by atoms with Gasteiger partial charge in [0.2, 0.25) is 5.95 Å². The summed E-state index contributed by atoms with van der Waals surface area (Å²) in [5.41, 5.74) is 4.58. The summed E-state index contributed by atoms with van der Waals surface area (Å²) in [5, 5.41) is 14.5. The molecule has 1 aromatic carbocycles. The molecular weight excluding hydrogens is 372 g/mol. The number of rotatable bonds is 6. The quantitative estimate of drug-likeness (QED) is 0.595. The summed E-state index contributed by atoms with van der Waals surface area (Å²) in [5.74, 6) is 1.78. The molecule has 0 unspecified atom stereocenters. The number of hydrogen-bond donors (Lipinski definition) is 0. The number of aryl methyl sites for hydroxylation is 4. The van der Waals surface area contributed by atoms with Crippen LogP contribution in [0.15, 0.2) is 35.5 Å². The largest absolute Gasteiger partial charge is 0.378 e. The zero-order valence-electron chi connectivity index (χ0n) is 16.6. The fourth-order valence-electron chi connectivity index (χ4n) is 3.47. The highest BCUT2D eigenvalue weighted by atomic mass is 32.2. The Morgan fingerprint density at radius 1 is 1.07 bits per heavy atom. The third-order valence-electron chi connectivity index (χ3n) is 4.90. The van der Waals surface area contributed by atoms with E-state index in [2.05, 4.69) is 73.6 Å². The van der Waals surface area contributed by atoms with Gasteiger partial charge in [-0.2, -0.15) is 5.10 Å². The lowest BCUT2D eigenvalue weighted by atomic mass is 10.2. The van der Waals surface area contributed by atoms with Gasteiger partial charge in [0, 0.05) is 24.5 Å². The van der Waals surface area contributed by atoms with Crippen LogP contribution >= 0.6 is 11.8 Å². The van der Waals surface area contributed by atoms with Crippen molar-refractivity contribution >= 4 is 17.7 Å². The second-order valence-electron chi connectivity index (χ2n) is 7.00. The molecule has 148 valence electrons. The Kier molecular flexibility index (Phi) is 5.68. The van der Waals surface area contributed by atoms with Gasteiger partial charge in [-0.25, -0.2) is 0 Å². The molecule has 1 saturated heterocycles. The first-order chi connectivity index (χ1) is 13.6. The third kappa shape index (κ3) is 3.93. The van der Waals surface area contributed by atoms with Crippen molar-refractivity contribution in [2.75, 3.05) is 37.0 Å². The summed E-state index contributed by atoms with van der Waals surface area (Å²) in [6, 6.07) is 10.5. The molecule has 0 saturated carbocycles. The number of hydrogen-bond acceptors (Lipinski definition) is 6. The van der Waals surface area contributed by atoms with Crippen LogP contribution in [0.5, 0.6) is 0 Å². The SMILES string of the molecule is Cc1cc(C)n(CCSc2nnc(N3CCOCC3)n2-c2ccccc2C)n1. The maximum absolute atomic E-state index is 5.51. The lowest BCUT2D eigenvalue weighted by Crippen LogP contribution is -2.38. The van der Waals surface area contributed by atoms with E-state index in [0.29, 0.717) is 0 Å². The first kappa shape index (κ1) is 19.0. The Morgan fingerprint density at radius 3 is 2.57 bits per heavy atom. The van der Waals surface area contributed by atoms with E-state index in [0.717, 1.165) is 61.1 Å². The summed E-state index contributed by atoms with van der Waals surface area (Å²) < 4.78 is 9.75. The maximum atomic E-state index is 5.51. The molecule has 7 nitrogen and oxygen atoms in total. The summed E-state index contributed by atoms with van der Waals surface area (Å²) in [6.45, 7) is 10.2. The summed E-state index contributed by atoms with van der Waals surface area (Å²) >= 11 is 1.72. The zero-order valence-corrected chi connectivity index (χ0v) is 17.4. The van der Waals surface area contributed by atoms with Crippen molar-refractivity contribution in [3.63, 3.8) is 0 Å². The zero-order chi connectivity index (χ0) is 19.5. The second kappa shape index (κ2) is 8.36. The number of morpholine rings is 1. The van der Waals surface area contributed by atoms with Gasteiger partial charge in [-0.05, 0) is 38.5 Å². The van der Waals surface area contributed by atoms with E-state index < -0.39 is 0 Å². The Balaban J connectivity index is 1.60. The van der Waals surface area contributed by atoms with Crippen molar-refractivity contribution < 1.29 is 4.74 Å². The first-order valence-electron chi connectivity index (χ1n) is 9.61. The fourth-order valence-corrected chi connectivity index (χ4v) is 4.33. The molecule has 0 bridgehead atoms. The molecule has 0 radical (unpaired) electrons. The smallest absolute Gasteiger partial charge is 0.232 e. The van der Waals surface area contributed by atoms with Crippen molar-refractivity contribution in [1.29, 1.82) is 0 Å². The van der Waals surface area contributed by atoms with Crippen molar-refractivity contribution in [2.24, 2.45) is 0 Å². The highest BCUT2D eigenvalue weighted by molar-refractivity contribution is 7.99. The summed E-state index contributed by atoms with van der Waals surface area (Å²) in [7, 11) is 0. The topological polar surface area (TPSA) is 61.0 Å². The van der Waals surface area contributed by atoms with Gasteiger partial charge in [-0.15, -0.1) is 10.2 Å². The lowest BCUT2D eigenvalue weighted by molar-refractivity contribution is 0.122. The molecule has 8 heteroatoms. The number of ether oxygens (including phenoxy) is 1. The molecule has 2 aromatic heterocycles. The number of benzene rings is 1. The van der Waals surface area contributed by atoms with Gasteiger partial charge >= 0.3 is 0 Å². The minimum atomic E-state index is 0.723. The summed E-state index contributed by atoms with van der Waals surface area (Å²) in [4.78, 5) is 2.26. The molecular formula is C20H26N6OS. The Morgan fingerprint density at radius 2 is 1.86 bits per heavy atom. The average Bonchev–Trinajstić information content (AvgIpc) is 3.26. The van der Waals surface area contributed by atoms with Crippen LogP contribution in [0.4, 0.5) is 5.95 Å². The molecule has 0 amide bonds. The molecule has 3 heterocycles. The van der Waals surface area contributed by atoms with Crippen molar-refractivity contribution in [3.05, 3.63) is 47.3 Å². The average molecular weight is 399 g/mol. The van der Waals surface area contributed by atoms with E-state index in [9.17, 15) is 0 Å². The molecule has 0 aliphatic carbocycles. The third-order valence-corrected chi connectivity index (χ3v) is 5.81. The van der Waals surface area contributed by atoms with Crippen molar-refractivity contribution in [2.45, 2.75) is 32.5 Å². The standard InChI is InChI=1S/C20H26N6OS/c1-15-6-4-5-7-18(15)26-19(24-8-11-27-12-9-24)21-22-20(26)28-13-10-25-17(3)14-16(2)23-25/h4-7,14H,8-13H2,1-3H3. The van der Waals surface area contributed by atoms with Gasteiger partial charge in [-0.3, -0.25) is 9.25 Å². The molecule has 1 aliphatic rings. The van der Waals surface area contributed by atoms with Crippen LogP contribution in [-0.4, -0.2) is 56.6 Å². The molecule has 1 aliphatic heterocycles. The maximum Gasteiger partial charge on any atom is 0.232 e. The fraction of sp³-hybridized carbons (Fsp3) is 0.450. The molecule has 1 fully saturated rings. The van der Waals surface area contributed by atoms with E-state index in [1.165, 1.54) is 11.3 Å². The number of thioether (sulfide) groups is 1. The van der Waals surface area contributed by atoms with E-state index in [1.807, 2.05) is 6.92 Å². The van der Waals surface area contributed by atoms with Crippen LogP contribution in [-0.2, 0) is 11.3 Å².